The van der Waals surface area contributed by atoms with E-state index in [9.17, 15) is 9.59 Å². The van der Waals surface area contributed by atoms with E-state index in [1.165, 1.54) is 6.92 Å². The number of hydrogen-bond acceptors (Lipinski definition) is 4. The second-order valence-corrected chi connectivity index (χ2v) is 5.44. The summed E-state index contributed by atoms with van der Waals surface area (Å²) in [4.78, 5) is 26.8. The molecule has 0 spiro atoms. The quantitative estimate of drug-likeness (QED) is 0.604. The topological polar surface area (TPSA) is 80.4 Å². The molecule has 0 saturated carbocycles. The van der Waals surface area contributed by atoms with Gasteiger partial charge in [0.1, 0.15) is 12.3 Å². The lowest BCUT2D eigenvalue weighted by molar-refractivity contribution is 0.0941. The third-order valence-electron chi connectivity index (χ3n) is 3.73. The molecule has 2 N–H and O–H groups in total. The molecule has 1 amide bonds. The minimum atomic E-state index is -0.258. The van der Waals surface area contributed by atoms with Gasteiger partial charge in [-0.1, -0.05) is 12.1 Å². The highest BCUT2D eigenvalue weighted by molar-refractivity contribution is 6.02. The van der Waals surface area contributed by atoms with Crippen molar-refractivity contribution in [3.63, 3.8) is 0 Å². The van der Waals surface area contributed by atoms with E-state index in [0.29, 0.717) is 47.2 Å². The number of benzene rings is 1. The highest BCUT2D eigenvalue weighted by Gasteiger charge is 2.19. The smallest absolute Gasteiger partial charge is 0.268 e. The van der Waals surface area contributed by atoms with Crippen LogP contribution in [0.2, 0.25) is 0 Å². The van der Waals surface area contributed by atoms with Crippen LogP contribution in [0.1, 0.15) is 39.0 Å². The van der Waals surface area contributed by atoms with Crippen molar-refractivity contribution in [3.8, 4) is 11.5 Å². The summed E-state index contributed by atoms with van der Waals surface area (Å²) in [5.41, 5.74) is 2.36. The van der Waals surface area contributed by atoms with E-state index < -0.39 is 0 Å². The van der Waals surface area contributed by atoms with Crippen molar-refractivity contribution in [2.75, 3.05) is 20.3 Å². The molecule has 1 aromatic heterocycles. The highest BCUT2D eigenvalue weighted by Crippen LogP contribution is 2.25. The van der Waals surface area contributed by atoms with Gasteiger partial charge in [-0.05, 0) is 38.5 Å². The third kappa shape index (κ3) is 3.76. The van der Waals surface area contributed by atoms with Crippen LogP contribution >= 0.6 is 0 Å². The van der Waals surface area contributed by atoms with Gasteiger partial charge in [0, 0.05) is 11.3 Å². The number of carbonyl (C=O) groups is 2. The van der Waals surface area contributed by atoms with Crippen molar-refractivity contribution in [1.29, 1.82) is 0 Å². The molecule has 0 atom stereocenters. The van der Waals surface area contributed by atoms with Crippen LogP contribution in [0, 0.1) is 13.8 Å². The first-order valence-corrected chi connectivity index (χ1v) is 7.69. The lowest BCUT2D eigenvalue weighted by atomic mass is 10.1. The lowest BCUT2D eigenvalue weighted by Crippen LogP contribution is -2.29. The first-order chi connectivity index (χ1) is 11.5. The maximum absolute atomic E-state index is 12.3. The molecule has 128 valence electrons. The summed E-state index contributed by atoms with van der Waals surface area (Å²) in [5, 5.41) is 2.78. The standard InChI is InChI=1S/C18H22N2O4/c1-11-16(13(3)21)12(2)20-17(11)18(22)19-9-10-24-15-8-6-5-7-14(15)23-4/h5-8,20H,9-10H2,1-4H3,(H,19,22). The van der Waals surface area contributed by atoms with Gasteiger partial charge in [0.2, 0.25) is 0 Å². The Kier molecular flexibility index (Phi) is 5.63. The molecule has 0 bridgehead atoms. The number of aryl methyl sites for hydroxylation is 1. The van der Waals surface area contributed by atoms with Crippen molar-refractivity contribution in [2.45, 2.75) is 20.8 Å². The largest absolute Gasteiger partial charge is 0.493 e. The van der Waals surface area contributed by atoms with E-state index in [2.05, 4.69) is 10.3 Å². The van der Waals surface area contributed by atoms with Gasteiger partial charge < -0.3 is 19.8 Å². The predicted molar refractivity (Wildman–Crippen MR) is 91.1 cm³/mol. The highest BCUT2D eigenvalue weighted by atomic mass is 16.5. The molecule has 0 aliphatic carbocycles. The van der Waals surface area contributed by atoms with Gasteiger partial charge in [-0.2, -0.15) is 0 Å². The Hall–Kier alpha value is -2.76. The van der Waals surface area contributed by atoms with Crippen LogP contribution in [0.4, 0.5) is 0 Å². The fraction of sp³-hybridized carbons (Fsp3) is 0.333. The van der Waals surface area contributed by atoms with Crippen molar-refractivity contribution >= 4 is 11.7 Å². The lowest BCUT2D eigenvalue weighted by Gasteiger charge is -2.10. The van der Waals surface area contributed by atoms with Gasteiger partial charge in [-0.25, -0.2) is 0 Å². The van der Waals surface area contributed by atoms with Gasteiger partial charge >= 0.3 is 0 Å². The number of H-pyrrole nitrogens is 1. The fourth-order valence-corrected chi connectivity index (χ4v) is 2.66. The number of hydrogen-bond donors (Lipinski definition) is 2. The first kappa shape index (κ1) is 17.6. The molecule has 2 rings (SSSR count). The molecule has 0 saturated heterocycles. The average Bonchev–Trinajstić information content (AvgIpc) is 2.86. The van der Waals surface area contributed by atoms with Gasteiger partial charge in [0.25, 0.3) is 5.91 Å². The second-order valence-electron chi connectivity index (χ2n) is 5.44. The van der Waals surface area contributed by atoms with Crippen molar-refractivity contribution in [1.82, 2.24) is 10.3 Å². The third-order valence-corrected chi connectivity index (χ3v) is 3.73. The Morgan fingerprint density at radius 2 is 1.83 bits per heavy atom. The molecular formula is C18H22N2O4. The Labute approximate surface area is 141 Å². The number of ether oxygens (including phenoxy) is 2. The van der Waals surface area contributed by atoms with Crippen LogP contribution in [0.5, 0.6) is 11.5 Å². The van der Waals surface area contributed by atoms with Crippen LogP contribution < -0.4 is 14.8 Å². The normalized spacial score (nSPS) is 10.3. The minimum Gasteiger partial charge on any atom is -0.493 e. The zero-order valence-electron chi connectivity index (χ0n) is 14.4. The predicted octanol–water partition coefficient (Wildman–Crippen LogP) is 2.65. The Morgan fingerprint density at radius 3 is 2.42 bits per heavy atom. The number of carbonyl (C=O) groups excluding carboxylic acids is 2. The van der Waals surface area contributed by atoms with Gasteiger partial charge in [-0.3, -0.25) is 9.59 Å². The monoisotopic (exact) mass is 330 g/mol. The summed E-state index contributed by atoms with van der Waals surface area (Å²) in [6.07, 6.45) is 0. The summed E-state index contributed by atoms with van der Waals surface area (Å²) in [5.74, 6) is 0.956. The van der Waals surface area contributed by atoms with Crippen LogP contribution in [0.15, 0.2) is 24.3 Å². The second kappa shape index (κ2) is 7.68. The summed E-state index contributed by atoms with van der Waals surface area (Å²) >= 11 is 0. The molecule has 0 radical (unpaired) electrons. The summed E-state index contributed by atoms with van der Waals surface area (Å²) in [6, 6.07) is 7.32. The van der Waals surface area contributed by atoms with Gasteiger partial charge in [0.15, 0.2) is 17.3 Å². The van der Waals surface area contributed by atoms with E-state index >= 15 is 0 Å². The van der Waals surface area contributed by atoms with E-state index in [1.807, 2.05) is 18.2 Å². The van der Waals surface area contributed by atoms with Crippen LogP contribution in [-0.2, 0) is 0 Å². The number of para-hydroxylation sites is 2. The first-order valence-electron chi connectivity index (χ1n) is 7.69. The molecular weight excluding hydrogens is 308 g/mol. The van der Waals surface area contributed by atoms with E-state index in [1.54, 1.807) is 27.0 Å². The van der Waals surface area contributed by atoms with Crippen molar-refractivity contribution in [2.24, 2.45) is 0 Å². The maximum atomic E-state index is 12.3. The molecule has 2 aromatic rings. The summed E-state index contributed by atoms with van der Waals surface area (Å²) < 4.78 is 10.8. The summed E-state index contributed by atoms with van der Waals surface area (Å²) in [7, 11) is 1.58. The van der Waals surface area contributed by atoms with E-state index in [0.717, 1.165) is 0 Å². The molecule has 6 heteroatoms. The van der Waals surface area contributed by atoms with Crippen molar-refractivity contribution < 1.29 is 19.1 Å². The minimum absolute atomic E-state index is 0.0557. The number of amides is 1. The number of rotatable bonds is 7. The Morgan fingerprint density at radius 1 is 1.17 bits per heavy atom. The molecule has 1 heterocycles. The Bertz CT molecular complexity index is 749. The fourth-order valence-electron chi connectivity index (χ4n) is 2.66. The SMILES string of the molecule is COc1ccccc1OCCNC(=O)c1[nH]c(C)c(C(C)=O)c1C. The molecule has 0 unspecified atom stereocenters. The molecule has 1 aromatic carbocycles. The zero-order valence-corrected chi connectivity index (χ0v) is 14.4. The number of aromatic amines is 1. The average molecular weight is 330 g/mol. The molecule has 24 heavy (non-hydrogen) atoms. The Balaban J connectivity index is 1.92. The van der Waals surface area contributed by atoms with Crippen LogP contribution in [0.25, 0.3) is 0 Å². The maximum Gasteiger partial charge on any atom is 0.268 e. The van der Waals surface area contributed by atoms with E-state index in [4.69, 9.17) is 9.47 Å². The van der Waals surface area contributed by atoms with Gasteiger partial charge in [0.05, 0.1) is 13.7 Å². The number of ketones is 1. The number of Topliss-reactive ketones (excluding diaryl/α,β-unsaturated/α-hetero) is 1. The summed E-state index contributed by atoms with van der Waals surface area (Å²) in [6.45, 7) is 5.69. The van der Waals surface area contributed by atoms with Crippen LogP contribution in [-0.4, -0.2) is 36.9 Å². The molecule has 6 nitrogen and oxygen atoms in total. The number of nitrogens with one attached hydrogen (secondary N) is 2. The zero-order chi connectivity index (χ0) is 17.7. The van der Waals surface area contributed by atoms with E-state index in [-0.39, 0.29) is 11.7 Å². The number of aromatic nitrogens is 1. The van der Waals surface area contributed by atoms with Crippen molar-refractivity contribution in [3.05, 3.63) is 46.8 Å². The van der Waals surface area contributed by atoms with Gasteiger partial charge in [-0.15, -0.1) is 0 Å². The van der Waals surface area contributed by atoms with Crippen LogP contribution in [0.3, 0.4) is 0 Å². The molecule has 0 fully saturated rings. The number of methoxy groups -OCH3 is 1. The molecule has 0 aliphatic heterocycles. The molecule has 0 aliphatic rings.